The van der Waals surface area contributed by atoms with E-state index in [0.29, 0.717) is 5.92 Å². The van der Waals surface area contributed by atoms with E-state index in [9.17, 15) is 13.2 Å². The molecule has 0 radical (unpaired) electrons. The Labute approximate surface area is 94.5 Å². The van der Waals surface area contributed by atoms with Crippen LogP contribution in [0.4, 0.5) is 13.2 Å². The zero-order valence-corrected chi connectivity index (χ0v) is 9.65. The molecule has 1 N–H and O–H groups in total. The largest absolute Gasteiger partial charge is 0.411 e. The van der Waals surface area contributed by atoms with E-state index >= 15 is 0 Å². The van der Waals surface area contributed by atoms with Crippen molar-refractivity contribution in [1.82, 2.24) is 5.32 Å². The number of rotatable bonds is 7. The van der Waals surface area contributed by atoms with Gasteiger partial charge in [-0.1, -0.05) is 26.2 Å². The van der Waals surface area contributed by atoms with E-state index in [1.807, 2.05) is 6.92 Å². The lowest BCUT2D eigenvalue weighted by molar-refractivity contribution is -0.175. The van der Waals surface area contributed by atoms with Crippen LogP contribution in [0.1, 0.15) is 32.6 Å². The van der Waals surface area contributed by atoms with E-state index in [0.717, 1.165) is 13.0 Å². The third-order valence-corrected chi connectivity index (χ3v) is 2.92. The topological polar surface area (TPSA) is 21.3 Å². The number of likely N-dealkylation sites (N-methyl/N-ethyl adjacent to an activating group) is 1. The summed E-state index contributed by atoms with van der Waals surface area (Å²) >= 11 is 0. The molecule has 0 amide bonds. The summed E-state index contributed by atoms with van der Waals surface area (Å²) in [5.41, 5.74) is 0. The lowest BCUT2D eigenvalue weighted by Crippen LogP contribution is -2.37. The van der Waals surface area contributed by atoms with Crippen LogP contribution in [0.5, 0.6) is 0 Å². The van der Waals surface area contributed by atoms with Crippen LogP contribution in [0, 0.1) is 5.92 Å². The van der Waals surface area contributed by atoms with Crippen molar-refractivity contribution < 1.29 is 17.9 Å². The molecule has 0 saturated heterocycles. The summed E-state index contributed by atoms with van der Waals surface area (Å²) in [5.74, 6) is 0.679. The van der Waals surface area contributed by atoms with Crippen molar-refractivity contribution in [3.05, 3.63) is 0 Å². The van der Waals surface area contributed by atoms with E-state index < -0.39 is 12.8 Å². The maximum Gasteiger partial charge on any atom is 0.411 e. The molecule has 16 heavy (non-hydrogen) atoms. The number of nitrogens with one attached hydrogen (secondary N) is 1. The highest BCUT2D eigenvalue weighted by atomic mass is 19.4. The Morgan fingerprint density at radius 2 is 2.06 bits per heavy atom. The quantitative estimate of drug-likeness (QED) is 0.737. The standard InChI is InChI=1S/C11H20F3NO/c1-2-15-10(6-9-4-3-5-9)7-16-8-11(12,13)14/h9-10,15H,2-8H2,1H3. The first kappa shape index (κ1) is 13.8. The first-order chi connectivity index (χ1) is 7.51. The highest BCUT2D eigenvalue weighted by Crippen LogP contribution is 2.30. The van der Waals surface area contributed by atoms with Crippen molar-refractivity contribution >= 4 is 0 Å². The molecule has 1 fully saturated rings. The van der Waals surface area contributed by atoms with Crippen LogP contribution in [0.25, 0.3) is 0 Å². The molecule has 0 aromatic carbocycles. The van der Waals surface area contributed by atoms with Crippen molar-refractivity contribution in [2.75, 3.05) is 19.8 Å². The van der Waals surface area contributed by atoms with Crippen LogP contribution in [-0.2, 0) is 4.74 Å². The molecule has 0 spiro atoms. The van der Waals surface area contributed by atoms with Crippen LogP contribution in [0.3, 0.4) is 0 Å². The van der Waals surface area contributed by atoms with Gasteiger partial charge in [-0.25, -0.2) is 0 Å². The lowest BCUT2D eigenvalue weighted by atomic mass is 9.81. The number of alkyl halides is 3. The Bertz CT molecular complexity index is 192. The molecule has 0 aromatic rings. The van der Waals surface area contributed by atoms with Gasteiger partial charge in [-0.2, -0.15) is 13.2 Å². The third kappa shape index (κ3) is 5.70. The van der Waals surface area contributed by atoms with E-state index in [1.165, 1.54) is 19.3 Å². The van der Waals surface area contributed by atoms with Gasteiger partial charge in [-0.15, -0.1) is 0 Å². The van der Waals surface area contributed by atoms with Crippen LogP contribution >= 0.6 is 0 Å². The van der Waals surface area contributed by atoms with Gasteiger partial charge in [0, 0.05) is 6.04 Å². The molecule has 0 heterocycles. The second kappa shape index (κ2) is 6.45. The zero-order valence-electron chi connectivity index (χ0n) is 9.65. The molecule has 1 saturated carbocycles. The molecule has 0 aliphatic heterocycles. The summed E-state index contributed by atoms with van der Waals surface area (Å²) in [6, 6.07) is 0.0673. The molecule has 96 valence electrons. The summed E-state index contributed by atoms with van der Waals surface area (Å²) in [4.78, 5) is 0. The first-order valence-corrected chi connectivity index (χ1v) is 5.89. The second-order valence-corrected chi connectivity index (χ2v) is 4.42. The van der Waals surface area contributed by atoms with Crippen LogP contribution < -0.4 is 5.32 Å². The normalized spacial score (nSPS) is 19.5. The smallest absolute Gasteiger partial charge is 0.370 e. The highest BCUT2D eigenvalue weighted by molar-refractivity contribution is 4.77. The maximum absolute atomic E-state index is 11.9. The van der Waals surface area contributed by atoms with Gasteiger partial charge < -0.3 is 10.1 Å². The monoisotopic (exact) mass is 239 g/mol. The minimum absolute atomic E-state index is 0.0673. The molecule has 0 aromatic heterocycles. The molecule has 0 bridgehead atoms. The molecular weight excluding hydrogens is 219 g/mol. The predicted octanol–water partition coefficient (Wildman–Crippen LogP) is 2.73. The van der Waals surface area contributed by atoms with Gasteiger partial charge in [0.15, 0.2) is 0 Å². The van der Waals surface area contributed by atoms with Crippen molar-refractivity contribution in [2.24, 2.45) is 5.92 Å². The summed E-state index contributed by atoms with van der Waals surface area (Å²) in [6.45, 7) is 1.74. The van der Waals surface area contributed by atoms with Gasteiger partial charge in [0.2, 0.25) is 0 Å². The molecule has 1 atom stereocenters. The fourth-order valence-corrected chi connectivity index (χ4v) is 1.95. The van der Waals surface area contributed by atoms with E-state index in [-0.39, 0.29) is 12.6 Å². The average molecular weight is 239 g/mol. The summed E-state index contributed by atoms with van der Waals surface area (Å²) < 4.78 is 40.4. The van der Waals surface area contributed by atoms with E-state index in [1.54, 1.807) is 0 Å². The van der Waals surface area contributed by atoms with Crippen molar-refractivity contribution in [3.63, 3.8) is 0 Å². The van der Waals surface area contributed by atoms with Gasteiger partial charge in [-0.05, 0) is 18.9 Å². The predicted molar refractivity (Wildman–Crippen MR) is 56.3 cm³/mol. The van der Waals surface area contributed by atoms with Crippen LogP contribution in [0.15, 0.2) is 0 Å². The van der Waals surface area contributed by atoms with Crippen LogP contribution in [-0.4, -0.2) is 32.0 Å². The van der Waals surface area contributed by atoms with Gasteiger partial charge in [0.1, 0.15) is 6.61 Å². The Morgan fingerprint density at radius 1 is 1.38 bits per heavy atom. The fraction of sp³-hybridized carbons (Fsp3) is 1.00. The van der Waals surface area contributed by atoms with Crippen molar-refractivity contribution in [1.29, 1.82) is 0 Å². The van der Waals surface area contributed by atoms with Gasteiger partial charge in [0.05, 0.1) is 6.61 Å². The molecule has 1 unspecified atom stereocenters. The zero-order chi connectivity index (χ0) is 12.0. The van der Waals surface area contributed by atoms with Gasteiger partial charge >= 0.3 is 6.18 Å². The Kier molecular flexibility index (Phi) is 5.55. The second-order valence-electron chi connectivity index (χ2n) is 4.42. The first-order valence-electron chi connectivity index (χ1n) is 5.89. The summed E-state index contributed by atoms with van der Waals surface area (Å²) in [5, 5.41) is 3.18. The molecule has 5 heteroatoms. The molecule has 1 aliphatic carbocycles. The van der Waals surface area contributed by atoms with Crippen molar-refractivity contribution in [2.45, 2.75) is 44.8 Å². The maximum atomic E-state index is 11.9. The lowest BCUT2D eigenvalue weighted by Gasteiger charge is -2.30. The summed E-state index contributed by atoms with van der Waals surface area (Å²) in [7, 11) is 0. The van der Waals surface area contributed by atoms with Gasteiger partial charge in [-0.3, -0.25) is 0 Å². The molecular formula is C11H20F3NO. The fourth-order valence-electron chi connectivity index (χ4n) is 1.95. The van der Waals surface area contributed by atoms with Crippen molar-refractivity contribution in [3.8, 4) is 0 Å². The summed E-state index contributed by atoms with van der Waals surface area (Å²) in [6.07, 6.45) is 0.397. The van der Waals surface area contributed by atoms with E-state index in [2.05, 4.69) is 5.32 Å². The van der Waals surface area contributed by atoms with Gasteiger partial charge in [0.25, 0.3) is 0 Å². The number of ether oxygens (including phenoxy) is 1. The van der Waals surface area contributed by atoms with Crippen LogP contribution in [0.2, 0.25) is 0 Å². The highest BCUT2D eigenvalue weighted by Gasteiger charge is 2.28. The number of hydrogen-bond donors (Lipinski definition) is 1. The third-order valence-electron chi connectivity index (χ3n) is 2.92. The average Bonchev–Trinajstić information content (AvgIpc) is 2.09. The Hall–Kier alpha value is -0.290. The van der Waals surface area contributed by atoms with E-state index in [4.69, 9.17) is 4.74 Å². The minimum Gasteiger partial charge on any atom is -0.370 e. The Morgan fingerprint density at radius 3 is 2.50 bits per heavy atom. The molecule has 1 aliphatic rings. The number of halogens is 3. The minimum atomic E-state index is -4.22. The molecule has 1 rings (SSSR count). The number of hydrogen-bond acceptors (Lipinski definition) is 2. The SMILES string of the molecule is CCNC(COCC(F)(F)F)CC1CCC1. The Balaban J connectivity index is 2.16. The molecule has 2 nitrogen and oxygen atoms in total.